The Labute approximate surface area is 90.9 Å². The van der Waals surface area contributed by atoms with Crippen molar-refractivity contribution in [3.05, 3.63) is 10.4 Å². The normalized spacial score (nSPS) is 35.9. The number of nitrogens with zero attached hydrogens (tertiary/aromatic N) is 5. The third kappa shape index (κ3) is 2.43. The van der Waals surface area contributed by atoms with Crippen molar-refractivity contribution in [1.29, 1.82) is 0 Å². The van der Waals surface area contributed by atoms with Gasteiger partial charge in [-0.2, -0.15) is 0 Å². The van der Waals surface area contributed by atoms with E-state index in [1.165, 1.54) is 50.3 Å². The molecule has 5 heteroatoms. The van der Waals surface area contributed by atoms with Gasteiger partial charge < -0.3 is 4.48 Å². The van der Waals surface area contributed by atoms with E-state index < -0.39 is 0 Å². The molecule has 0 radical (unpaired) electrons. The molecule has 84 valence electrons. The highest BCUT2D eigenvalue weighted by atomic mass is 15.5. The van der Waals surface area contributed by atoms with Crippen LogP contribution in [0.4, 0.5) is 0 Å². The maximum atomic E-state index is 8.30. The number of hydrogen-bond acceptors (Lipinski definition) is 2. The Balaban J connectivity index is 1.89. The molecule has 0 unspecified atom stereocenters. The average Bonchev–Trinajstić information content (AvgIpc) is 2.28. The summed E-state index contributed by atoms with van der Waals surface area (Å²) in [5.74, 6) is 0.519. The van der Waals surface area contributed by atoms with Crippen molar-refractivity contribution in [3.63, 3.8) is 0 Å². The molecule has 5 nitrogen and oxygen atoms in total. The smallest absolute Gasteiger partial charge is 0.0916 e. The second-order valence-corrected chi connectivity index (χ2v) is 5.06. The largest absolute Gasteiger partial charge is 0.320 e. The van der Waals surface area contributed by atoms with Crippen molar-refractivity contribution in [3.8, 4) is 0 Å². The third-order valence-corrected chi connectivity index (χ3v) is 3.83. The molecule has 3 aliphatic heterocycles. The Bertz CT molecular complexity index is 249. The summed E-state index contributed by atoms with van der Waals surface area (Å²) >= 11 is 0. The monoisotopic (exact) mass is 210 g/mol. The molecule has 3 rings (SSSR count). The van der Waals surface area contributed by atoms with E-state index in [2.05, 4.69) is 21.8 Å². The summed E-state index contributed by atoms with van der Waals surface area (Å²) in [6, 6.07) is 0. The van der Waals surface area contributed by atoms with Crippen LogP contribution in [0.1, 0.15) is 6.92 Å². The third-order valence-electron chi connectivity index (χ3n) is 3.83. The molecule has 0 aliphatic carbocycles. The first-order valence-electron chi connectivity index (χ1n) is 5.82. The summed E-state index contributed by atoms with van der Waals surface area (Å²) < 4.78 is 1.26. The van der Waals surface area contributed by atoms with Crippen molar-refractivity contribution in [2.45, 2.75) is 6.92 Å². The second-order valence-electron chi connectivity index (χ2n) is 5.06. The highest BCUT2D eigenvalue weighted by Crippen LogP contribution is 2.21. The Morgan fingerprint density at radius 2 is 1.93 bits per heavy atom. The Kier molecular flexibility index (Phi) is 3.14. The molecule has 0 spiro atoms. The van der Waals surface area contributed by atoms with E-state index in [1.807, 2.05) is 0 Å². The summed E-state index contributed by atoms with van der Waals surface area (Å²) in [5, 5.41) is 3.68. The van der Waals surface area contributed by atoms with Crippen LogP contribution >= 0.6 is 0 Å². The van der Waals surface area contributed by atoms with E-state index in [-0.39, 0.29) is 0 Å². The topological polar surface area (TPSA) is 52.0 Å². The molecule has 3 saturated heterocycles. The lowest BCUT2D eigenvalue weighted by atomic mass is 10.1. The van der Waals surface area contributed by atoms with Gasteiger partial charge in [0.1, 0.15) is 0 Å². The molecule has 1 atom stereocenters. The summed E-state index contributed by atoms with van der Waals surface area (Å²) in [5.41, 5.74) is 8.30. The van der Waals surface area contributed by atoms with Crippen molar-refractivity contribution in [2.75, 3.05) is 52.4 Å². The van der Waals surface area contributed by atoms with Crippen LogP contribution in [0.15, 0.2) is 5.11 Å². The van der Waals surface area contributed by atoms with E-state index >= 15 is 0 Å². The molecule has 0 aromatic rings. The summed E-state index contributed by atoms with van der Waals surface area (Å²) in [7, 11) is 0. The van der Waals surface area contributed by atoms with E-state index in [9.17, 15) is 0 Å². The van der Waals surface area contributed by atoms with Gasteiger partial charge >= 0.3 is 0 Å². The molecule has 2 bridgehead atoms. The fourth-order valence-electron chi connectivity index (χ4n) is 2.90. The van der Waals surface area contributed by atoms with E-state index in [4.69, 9.17) is 5.53 Å². The standard InChI is InChI=1S/C10H20N5/c1-10(8-12-13-11)9-15-5-2-14(3-6-15)4-7-15/h10H,2-9H2,1H3/q+1/t10-/m1/s1. The number of quaternary nitrogens is 1. The Morgan fingerprint density at radius 1 is 1.33 bits per heavy atom. The predicted molar refractivity (Wildman–Crippen MR) is 59.3 cm³/mol. The molecular formula is C10H20N5+. The molecular weight excluding hydrogens is 190 g/mol. The van der Waals surface area contributed by atoms with Gasteiger partial charge in [0.05, 0.1) is 26.2 Å². The molecule has 0 N–H and O–H groups in total. The quantitative estimate of drug-likeness (QED) is 0.296. The van der Waals surface area contributed by atoms with E-state index in [0.717, 1.165) is 0 Å². The summed E-state index contributed by atoms with van der Waals surface area (Å²) in [4.78, 5) is 5.39. The second kappa shape index (κ2) is 4.39. The minimum Gasteiger partial charge on any atom is -0.320 e. The lowest BCUT2D eigenvalue weighted by molar-refractivity contribution is -0.943. The first-order valence-corrected chi connectivity index (χ1v) is 5.82. The van der Waals surface area contributed by atoms with Gasteiger partial charge in [-0.3, -0.25) is 4.90 Å². The summed E-state index contributed by atoms with van der Waals surface area (Å²) in [6.07, 6.45) is 0. The SMILES string of the molecule is C[C@H](CN=[N+]=[N-])C[N+]12CCN(CC1)CC2. The highest BCUT2D eigenvalue weighted by Gasteiger charge is 2.38. The average molecular weight is 210 g/mol. The number of azide groups is 1. The van der Waals surface area contributed by atoms with Crippen LogP contribution in [0.2, 0.25) is 0 Å². The molecule has 3 heterocycles. The number of hydrogen-bond donors (Lipinski definition) is 0. The number of piperazine rings is 3. The summed E-state index contributed by atoms with van der Waals surface area (Å²) in [6.45, 7) is 11.7. The zero-order chi connectivity index (χ0) is 10.7. The molecule has 0 aromatic heterocycles. The fraction of sp³-hybridized carbons (Fsp3) is 1.00. The van der Waals surface area contributed by atoms with Gasteiger partial charge in [0.2, 0.25) is 0 Å². The first kappa shape index (κ1) is 10.7. The van der Waals surface area contributed by atoms with Crippen LogP contribution in [-0.4, -0.2) is 61.7 Å². The molecule has 0 aromatic carbocycles. The number of fused-ring (bicyclic) bond motifs is 3. The van der Waals surface area contributed by atoms with Crippen LogP contribution in [0.25, 0.3) is 10.4 Å². The minimum absolute atomic E-state index is 0.519. The molecule has 0 saturated carbocycles. The van der Waals surface area contributed by atoms with Gasteiger partial charge in [0.15, 0.2) is 0 Å². The van der Waals surface area contributed by atoms with Crippen LogP contribution in [-0.2, 0) is 0 Å². The van der Waals surface area contributed by atoms with Crippen LogP contribution < -0.4 is 0 Å². The minimum atomic E-state index is 0.519. The maximum Gasteiger partial charge on any atom is 0.0916 e. The Hall–Kier alpha value is -0.770. The van der Waals surface area contributed by atoms with Crippen molar-refractivity contribution in [2.24, 2.45) is 11.0 Å². The van der Waals surface area contributed by atoms with Gasteiger partial charge in [0, 0.05) is 37.0 Å². The van der Waals surface area contributed by atoms with Gasteiger partial charge in [0.25, 0.3) is 0 Å². The zero-order valence-corrected chi connectivity index (χ0v) is 9.47. The lowest BCUT2D eigenvalue weighted by Crippen LogP contribution is -2.68. The van der Waals surface area contributed by atoms with Gasteiger partial charge in [-0.05, 0) is 5.53 Å². The number of rotatable bonds is 4. The van der Waals surface area contributed by atoms with E-state index in [0.29, 0.717) is 12.5 Å². The van der Waals surface area contributed by atoms with Crippen LogP contribution in [0.3, 0.4) is 0 Å². The lowest BCUT2D eigenvalue weighted by Gasteiger charge is -2.51. The first-order chi connectivity index (χ1) is 7.24. The van der Waals surface area contributed by atoms with Crippen LogP contribution in [0, 0.1) is 5.92 Å². The zero-order valence-electron chi connectivity index (χ0n) is 9.47. The fourth-order valence-corrected chi connectivity index (χ4v) is 2.90. The van der Waals surface area contributed by atoms with Gasteiger partial charge in [-0.15, -0.1) is 0 Å². The predicted octanol–water partition coefficient (Wildman–Crippen LogP) is 1.08. The van der Waals surface area contributed by atoms with E-state index in [1.54, 1.807) is 0 Å². The maximum absolute atomic E-state index is 8.30. The molecule has 0 amide bonds. The van der Waals surface area contributed by atoms with Gasteiger partial charge in [-0.25, -0.2) is 0 Å². The van der Waals surface area contributed by atoms with Crippen molar-refractivity contribution >= 4 is 0 Å². The molecule has 3 fully saturated rings. The highest BCUT2D eigenvalue weighted by molar-refractivity contribution is 4.72. The molecule has 3 aliphatic rings. The Morgan fingerprint density at radius 3 is 2.47 bits per heavy atom. The van der Waals surface area contributed by atoms with Crippen molar-refractivity contribution < 1.29 is 4.48 Å². The van der Waals surface area contributed by atoms with Gasteiger partial charge in [-0.1, -0.05) is 12.0 Å². The van der Waals surface area contributed by atoms with Crippen molar-refractivity contribution in [1.82, 2.24) is 4.90 Å². The van der Waals surface area contributed by atoms with Crippen LogP contribution in [0.5, 0.6) is 0 Å². The molecule has 15 heavy (non-hydrogen) atoms.